The minimum absolute atomic E-state index is 0.175. The third-order valence-corrected chi connectivity index (χ3v) is 4.46. The summed E-state index contributed by atoms with van der Waals surface area (Å²) in [6, 6.07) is 9.74. The van der Waals surface area contributed by atoms with Gasteiger partial charge in [0.25, 0.3) is 5.91 Å². The highest BCUT2D eigenvalue weighted by Gasteiger charge is 2.17. The minimum Gasteiger partial charge on any atom is -0.455 e. The maximum Gasteiger partial charge on any atom is 0.293 e. The van der Waals surface area contributed by atoms with Crippen molar-refractivity contribution in [3.63, 3.8) is 0 Å². The molecule has 0 spiro atoms. The Balaban J connectivity index is 1.35. The molecule has 1 aliphatic rings. The van der Waals surface area contributed by atoms with E-state index in [4.69, 9.17) is 4.42 Å². The lowest BCUT2D eigenvalue weighted by molar-refractivity contribution is 0.0992. The van der Waals surface area contributed by atoms with Gasteiger partial charge < -0.3 is 4.42 Å². The van der Waals surface area contributed by atoms with Crippen LogP contribution in [0.2, 0.25) is 0 Å². The van der Waals surface area contributed by atoms with E-state index in [1.807, 2.05) is 6.07 Å². The summed E-state index contributed by atoms with van der Waals surface area (Å²) < 4.78 is 20.4. The summed E-state index contributed by atoms with van der Waals surface area (Å²) in [7, 11) is 0. The fraction of sp³-hybridized carbons (Fsp3) is 0.316. The Kier molecular flexibility index (Phi) is 4.97. The lowest BCUT2D eigenvalue weighted by Gasteiger charge is -2.11. The highest BCUT2D eigenvalue weighted by atomic mass is 19.1. The molecule has 1 saturated heterocycles. The second-order valence-corrected chi connectivity index (χ2v) is 6.60. The van der Waals surface area contributed by atoms with E-state index in [0.29, 0.717) is 13.1 Å². The first-order chi connectivity index (χ1) is 13.2. The van der Waals surface area contributed by atoms with Crippen molar-refractivity contribution in [2.45, 2.75) is 25.9 Å². The average Bonchev–Trinajstić information content (AvgIpc) is 3.38. The monoisotopic (exact) mass is 369 g/mol. The number of halogens is 1. The van der Waals surface area contributed by atoms with E-state index in [0.717, 1.165) is 24.4 Å². The quantitative estimate of drug-likeness (QED) is 0.723. The molecule has 1 aromatic carbocycles. The predicted octanol–water partition coefficient (Wildman–Crippen LogP) is 2.91. The number of carbonyl (C=O) groups excluding carboxylic acids is 1. The summed E-state index contributed by atoms with van der Waals surface area (Å²) in [4.78, 5) is 18.7. The van der Waals surface area contributed by atoms with E-state index in [1.165, 1.54) is 36.0 Å². The van der Waals surface area contributed by atoms with E-state index in [1.54, 1.807) is 18.2 Å². The highest BCUT2D eigenvalue weighted by molar-refractivity contribution is 6.01. The molecule has 8 heteroatoms. The molecule has 2 aromatic heterocycles. The molecule has 1 aliphatic heterocycles. The number of hydrogen-bond acceptors (Lipinski definition) is 5. The number of benzene rings is 1. The second-order valence-electron chi connectivity index (χ2n) is 6.60. The van der Waals surface area contributed by atoms with Gasteiger partial charge in [0, 0.05) is 0 Å². The molecular weight excluding hydrogens is 349 g/mol. The zero-order valence-corrected chi connectivity index (χ0v) is 14.8. The molecular formula is C19H20FN5O2. The first-order valence-corrected chi connectivity index (χ1v) is 8.92. The normalized spacial score (nSPS) is 14.6. The zero-order valence-electron chi connectivity index (χ0n) is 14.8. The predicted molar refractivity (Wildman–Crippen MR) is 96.7 cm³/mol. The summed E-state index contributed by atoms with van der Waals surface area (Å²) in [5.74, 6) is 0.473. The molecule has 1 N–H and O–H groups in total. The summed E-state index contributed by atoms with van der Waals surface area (Å²) in [6.07, 6.45) is 3.90. The fourth-order valence-electron chi connectivity index (χ4n) is 3.16. The molecule has 0 unspecified atom stereocenters. The minimum atomic E-state index is -0.397. The molecule has 1 fully saturated rings. The van der Waals surface area contributed by atoms with Crippen molar-refractivity contribution < 1.29 is 13.6 Å². The van der Waals surface area contributed by atoms with Gasteiger partial charge in [-0.2, -0.15) is 0 Å². The number of rotatable bonds is 6. The largest absolute Gasteiger partial charge is 0.455 e. The molecule has 3 aromatic rings. The number of nitrogens with one attached hydrogen (secondary N) is 1. The Hall–Kier alpha value is -3.00. The van der Waals surface area contributed by atoms with Crippen LogP contribution in [0.25, 0.3) is 0 Å². The van der Waals surface area contributed by atoms with Crippen LogP contribution in [0.3, 0.4) is 0 Å². The number of hydrogen-bond donors (Lipinski definition) is 1. The lowest BCUT2D eigenvalue weighted by Crippen LogP contribution is -2.18. The molecule has 0 aliphatic carbocycles. The maximum absolute atomic E-state index is 13.2. The Morgan fingerprint density at radius 2 is 2.04 bits per heavy atom. The maximum atomic E-state index is 13.2. The van der Waals surface area contributed by atoms with Gasteiger partial charge >= 0.3 is 0 Å². The van der Waals surface area contributed by atoms with Gasteiger partial charge in [0.05, 0.1) is 13.1 Å². The number of aromatic nitrogens is 3. The van der Waals surface area contributed by atoms with E-state index in [9.17, 15) is 9.18 Å². The van der Waals surface area contributed by atoms with Crippen LogP contribution < -0.4 is 5.32 Å². The van der Waals surface area contributed by atoms with Gasteiger partial charge in [-0.1, -0.05) is 12.1 Å². The Bertz CT molecular complexity index is 930. The Morgan fingerprint density at radius 3 is 2.85 bits per heavy atom. The van der Waals surface area contributed by atoms with Crippen LogP contribution in [0.1, 0.15) is 34.7 Å². The molecule has 3 heterocycles. The summed E-state index contributed by atoms with van der Waals surface area (Å²) in [6.45, 7) is 3.21. The van der Waals surface area contributed by atoms with Crippen LogP contribution in [0, 0.1) is 5.82 Å². The number of carbonyl (C=O) groups is 1. The summed E-state index contributed by atoms with van der Waals surface area (Å²) in [5, 5.41) is 6.81. The zero-order chi connectivity index (χ0) is 18.6. The topological polar surface area (TPSA) is 76.2 Å². The lowest BCUT2D eigenvalue weighted by atomic mass is 10.2. The van der Waals surface area contributed by atoms with Crippen LogP contribution in [0.5, 0.6) is 0 Å². The highest BCUT2D eigenvalue weighted by Crippen LogP contribution is 2.16. The van der Waals surface area contributed by atoms with Crippen LogP contribution in [0.15, 0.2) is 47.1 Å². The van der Waals surface area contributed by atoms with Gasteiger partial charge in [-0.25, -0.2) is 14.1 Å². The van der Waals surface area contributed by atoms with Crippen molar-refractivity contribution in [2.75, 3.05) is 18.4 Å². The molecule has 0 atom stereocenters. The van der Waals surface area contributed by atoms with E-state index < -0.39 is 5.91 Å². The summed E-state index contributed by atoms with van der Waals surface area (Å²) in [5.41, 5.74) is 0.760. The van der Waals surface area contributed by atoms with Crippen LogP contribution in [-0.4, -0.2) is 38.7 Å². The average molecular weight is 369 g/mol. The molecule has 0 bridgehead atoms. The fourth-order valence-corrected chi connectivity index (χ4v) is 3.16. The second kappa shape index (κ2) is 7.71. The van der Waals surface area contributed by atoms with Crippen molar-refractivity contribution in [2.24, 2.45) is 0 Å². The van der Waals surface area contributed by atoms with Crippen molar-refractivity contribution in [1.82, 2.24) is 19.7 Å². The Labute approximate surface area is 155 Å². The standard InChI is InChI=1S/C19H20FN5O2/c20-15-5-3-4-14(10-15)11-25-13-21-19(23-25)22-18(26)17-7-6-16(27-17)12-24-8-1-2-9-24/h3-7,10,13H,1-2,8-9,11-12H2,(H,22,23,26). The molecule has 4 rings (SSSR count). The number of nitrogens with zero attached hydrogens (tertiary/aromatic N) is 4. The van der Waals surface area contributed by atoms with Gasteiger partial charge in [0.1, 0.15) is 17.9 Å². The van der Waals surface area contributed by atoms with Gasteiger partial charge in [-0.05, 0) is 55.8 Å². The molecule has 140 valence electrons. The van der Waals surface area contributed by atoms with Crippen molar-refractivity contribution in [3.05, 3.63) is 65.6 Å². The van der Waals surface area contributed by atoms with E-state index in [2.05, 4.69) is 20.3 Å². The molecule has 7 nitrogen and oxygen atoms in total. The number of furan rings is 1. The number of likely N-dealkylation sites (tertiary alicyclic amines) is 1. The first kappa shape index (κ1) is 17.4. The van der Waals surface area contributed by atoms with Crippen molar-refractivity contribution in [3.8, 4) is 0 Å². The Morgan fingerprint density at radius 1 is 1.19 bits per heavy atom. The van der Waals surface area contributed by atoms with Crippen LogP contribution in [-0.2, 0) is 13.1 Å². The van der Waals surface area contributed by atoms with Crippen LogP contribution in [0.4, 0.5) is 10.3 Å². The number of anilines is 1. The number of amides is 1. The molecule has 27 heavy (non-hydrogen) atoms. The van der Waals surface area contributed by atoms with Crippen molar-refractivity contribution in [1.29, 1.82) is 0 Å². The van der Waals surface area contributed by atoms with Gasteiger partial charge in [-0.15, -0.1) is 5.10 Å². The van der Waals surface area contributed by atoms with Gasteiger partial charge in [-0.3, -0.25) is 15.0 Å². The SMILES string of the molecule is O=C(Nc1ncn(Cc2cccc(F)c2)n1)c1ccc(CN2CCCC2)o1. The summed E-state index contributed by atoms with van der Waals surface area (Å²) >= 11 is 0. The van der Waals surface area contributed by atoms with E-state index >= 15 is 0 Å². The molecule has 0 radical (unpaired) electrons. The van der Waals surface area contributed by atoms with Gasteiger partial charge in [0.15, 0.2) is 5.76 Å². The molecule has 1 amide bonds. The van der Waals surface area contributed by atoms with Gasteiger partial charge in [0.2, 0.25) is 5.95 Å². The van der Waals surface area contributed by atoms with Crippen molar-refractivity contribution >= 4 is 11.9 Å². The third-order valence-electron chi connectivity index (χ3n) is 4.46. The van der Waals surface area contributed by atoms with E-state index in [-0.39, 0.29) is 17.5 Å². The smallest absolute Gasteiger partial charge is 0.293 e. The third kappa shape index (κ3) is 4.40. The van der Waals surface area contributed by atoms with Crippen LogP contribution >= 0.6 is 0 Å². The first-order valence-electron chi connectivity index (χ1n) is 8.92. The molecule has 0 saturated carbocycles.